The molecule has 1 aromatic rings. The summed E-state index contributed by atoms with van der Waals surface area (Å²) in [7, 11) is 0. The molecule has 1 aromatic carbocycles. The van der Waals surface area contributed by atoms with Crippen molar-refractivity contribution in [2.45, 2.75) is 19.3 Å². The molecule has 0 bridgehead atoms. The highest BCUT2D eigenvalue weighted by molar-refractivity contribution is 6.04. The van der Waals surface area contributed by atoms with Crippen molar-refractivity contribution in [2.75, 3.05) is 13.1 Å². The van der Waals surface area contributed by atoms with E-state index in [0.29, 0.717) is 32.4 Å². The van der Waals surface area contributed by atoms with Crippen molar-refractivity contribution in [3.8, 4) is 0 Å². The van der Waals surface area contributed by atoms with Crippen LogP contribution in [0.2, 0.25) is 0 Å². The smallest absolute Gasteiger partial charge is 0.240 e. The van der Waals surface area contributed by atoms with E-state index >= 15 is 0 Å². The van der Waals surface area contributed by atoms with Crippen LogP contribution < -0.4 is 16.5 Å². The third kappa shape index (κ3) is 3.89. The predicted octanol–water partition coefficient (Wildman–Crippen LogP) is -0.0819. The third-order valence-electron chi connectivity index (χ3n) is 3.02. The monoisotopic (exact) mass is 274 g/mol. The highest BCUT2D eigenvalue weighted by Crippen LogP contribution is 2.11. The van der Waals surface area contributed by atoms with Crippen LogP contribution >= 0.6 is 0 Å². The Labute approximate surface area is 117 Å². The molecule has 1 aliphatic rings. The maximum absolute atomic E-state index is 11.6. The van der Waals surface area contributed by atoms with Gasteiger partial charge in [0, 0.05) is 25.9 Å². The number of hydrogen-bond donors (Lipinski definition) is 3. The second-order valence-corrected chi connectivity index (χ2v) is 4.61. The lowest BCUT2D eigenvalue weighted by Gasteiger charge is -2.12. The van der Waals surface area contributed by atoms with E-state index in [4.69, 9.17) is 5.73 Å². The first-order chi connectivity index (χ1) is 9.69. The van der Waals surface area contributed by atoms with Crippen LogP contribution in [0.25, 0.3) is 0 Å². The predicted molar refractivity (Wildman–Crippen MR) is 76.1 cm³/mol. The van der Waals surface area contributed by atoms with Gasteiger partial charge < -0.3 is 11.1 Å². The number of amides is 2. The molecule has 1 aliphatic heterocycles. The largest absolute Gasteiger partial charge is 0.355 e. The first-order valence-corrected chi connectivity index (χ1v) is 6.60. The van der Waals surface area contributed by atoms with E-state index in [1.807, 2.05) is 24.3 Å². The molecule has 4 N–H and O–H groups in total. The Morgan fingerprint density at radius 3 is 2.65 bits per heavy atom. The summed E-state index contributed by atoms with van der Waals surface area (Å²) in [4.78, 5) is 22.6. The summed E-state index contributed by atoms with van der Waals surface area (Å²) in [6, 6.07) is 7.64. The quantitative estimate of drug-likeness (QED) is 0.700. The topological polar surface area (TPSA) is 96.6 Å². The maximum atomic E-state index is 11.6. The van der Waals surface area contributed by atoms with Crippen LogP contribution in [0.4, 0.5) is 0 Å². The van der Waals surface area contributed by atoms with Crippen molar-refractivity contribution in [3.63, 3.8) is 0 Å². The van der Waals surface area contributed by atoms with E-state index in [1.54, 1.807) is 0 Å². The summed E-state index contributed by atoms with van der Waals surface area (Å²) >= 11 is 0. The van der Waals surface area contributed by atoms with Gasteiger partial charge in [-0.1, -0.05) is 24.3 Å². The van der Waals surface area contributed by atoms with Gasteiger partial charge in [-0.3, -0.25) is 9.59 Å². The van der Waals surface area contributed by atoms with Gasteiger partial charge in [0.05, 0.1) is 12.1 Å². The van der Waals surface area contributed by atoms with Gasteiger partial charge in [-0.15, -0.1) is 0 Å². The molecule has 0 atom stereocenters. The zero-order valence-electron chi connectivity index (χ0n) is 11.2. The molecule has 0 saturated heterocycles. The third-order valence-corrected chi connectivity index (χ3v) is 3.02. The van der Waals surface area contributed by atoms with Crippen LogP contribution in [0.5, 0.6) is 0 Å². The minimum Gasteiger partial charge on any atom is -0.355 e. The average molecular weight is 274 g/mol. The Balaban J connectivity index is 1.96. The Hall–Kier alpha value is -2.21. The second kappa shape index (κ2) is 6.81. The van der Waals surface area contributed by atoms with Crippen LogP contribution in [-0.2, 0) is 16.0 Å². The van der Waals surface area contributed by atoms with E-state index in [-0.39, 0.29) is 11.8 Å². The highest BCUT2D eigenvalue weighted by Gasteiger charge is 2.13. The molecule has 106 valence electrons. The van der Waals surface area contributed by atoms with Crippen LogP contribution in [-0.4, -0.2) is 30.6 Å². The van der Waals surface area contributed by atoms with Crippen molar-refractivity contribution < 1.29 is 9.59 Å². The zero-order valence-corrected chi connectivity index (χ0v) is 11.2. The fourth-order valence-corrected chi connectivity index (χ4v) is 1.96. The van der Waals surface area contributed by atoms with E-state index in [0.717, 1.165) is 16.8 Å². The minimum atomic E-state index is -0.0538. The molecular formula is C14H18N4O2. The lowest BCUT2D eigenvalue weighted by atomic mass is 10.0. The number of nitrogens with zero attached hydrogens (tertiary/aromatic N) is 1. The first-order valence-electron chi connectivity index (χ1n) is 6.60. The SMILES string of the molecule is NCCNC(=O)Cc1ccc(C2=NNC(=O)CC2)cc1. The van der Waals surface area contributed by atoms with Crippen molar-refractivity contribution >= 4 is 17.5 Å². The Kier molecular flexibility index (Phi) is 4.84. The molecule has 20 heavy (non-hydrogen) atoms. The maximum Gasteiger partial charge on any atom is 0.240 e. The van der Waals surface area contributed by atoms with E-state index < -0.39 is 0 Å². The van der Waals surface area contributed by atoms with Crippen LogP contribution in [0.3, 0.4) is 0 Å². The molecular weight excluding hydrogens is 256 g/mol. The van der Waals surface area contributed by atoms with Crippen LogP contribution in [0.15, 0.2) is 29.4 Å². The molecule has 0 fully saturated rings. The van der Waals surface area contributed by atoms with Gasteiger partial charge in [0.2, 0.25) is 11.8 Å². The summed E-state index contributed by atoms with van der Waals surface area (Å²) in [5.74, 6) is -0.0904. The van der Waals surface area contributed by atoms with E-state index in [1.165, 1.54) is 0 Å². The van der Waals surface area contributed by atoms with Crippen molar-refractivity contribution in [1.29, 1.82) is 0 Å². The van der Waals surface area contributed by atoms with Crippen molar-refractivity contribution in [3.05, 3.63) is 35.4 Å². The molecule has 1 heterocycles. The van der Waals surface area contributed by atoms with Gasteiger partial charge in [0.1, 0.15) is 0 Å². The molecule has 0 aliphatic carbocycles. The van der Waals surface area contributed by atoms with Gasteiger partial charge >= 0.3 is 0 Å². The Bertz CT molecular complexity index is 522. The molecule has 0 radical (unpaired) electrons. The van der Waals surface area contributed by atoms with E-state index in [9.17, 15) is 9.59 Å². The molecule has 0 spiro atoms. The van der Waals surface area contributed by atoms with Crippen LogP contribution in [0, 0.1) is 0 Å². The lowest BCUT2D eigenvalue weighted by Crippen LogP contribution is -2.30. The van der Waals surface area contributed by atoms with Gasteiger partial charge in [0.25, 0.3) is 0 Å². The summed E-state index contributed by atoms with van der Waals surface area (Å²) in [6.07, 6.45) is 1.44. The van der Waals surface area contributed by atoms with Gasteiger partial charge in [-0.05, 0) is 11.1 Å². The van der Waals surface area contributed by atoms with Gasteiger partial charge in [0.15, 0.2) is 0 Å². The molecule has 6 heteroatoms. The molecule has 0 unspecified atom stereocenters. The fraction of sp³-hybridized carbons (Fsp3) is 0.357. The average Bonchev–Trinajstić information content (AvgIpc) is 2.47. The molecule has 0 saturated carbocycles. The summed E-state index contributed by atoms with van der Waals surface area (Å²) in [5, 5.41) is 6.76. The number of rotatable bonds is 5. The second-order valence-electron chi connectivity index (χ2n) is 4.61. The molecule has 0 aromatic heterocycles. The molecule has 2 amide bonds. The summed E-state index contributed by atoms with van der Waals surface area (Å²) < 4.78 is 0. The van der Waals surface area contributed by atoms with Gasteiger partial charge in [-0.25, -0.2) is 5.43 Å². The van der Waals surface area contributed by atoms with Gasteiger partial charge in [-0.2, -0.15) is 5.10 Å². The summed E-state index contributed by atoms with van der Waals surface area (Å²) in [5.41, 5.74) is 10.6. The normalized spacial score (nSPS) is 14.4. The van der Waals surface area contributed by atoms with E-state index in [2.05, 4.69) is 15.8 Å². The highest BCUT2D eigenvalue weighted by atomic mass is 16.2. The lowest BCUT2D eigenvalue weighted by molar-refractivity contribution is -0.121. The number of carbonyl (C=O) groups excluding carboxylic acids is 2. The van der Waals surface area contributed by atoms with Crippen molar-refractivity contribution in [2.24, 2.45) is 10.8 Å². The zero-order chi connectivity index (χ0) is 14.4. The minimum absolute atomic E-state index is 0.0366. The summed E-state index contributed by atoms with van der Waals surface area (Å²) in [6.45, 7) is 0.934. The standard InChI is InChI=1S/C14H18N4O2/c15-7-8-16-14(20)9-10-1-3-11(4-2-10)12-5-6-13(19)18-17-12/h1-4H,5-9,15H2,(H,16,20)(H,18,19). The first kappa shape index (κ1) is 14.2. The number of hydrazone groups is 1. The van der Waals surface area contributed by atoms with Crippen LogP contribution in [0.1, 0.15) is 24.0 Å². The number of nitrogens with one attached hydrogen (secondary N) is 2. The molecule has 2 rings (SSSR count). The number of nitrogens with two attached hydrogens (primary N) is 1. The molecule has 6 nitrogen and oxygen atoms in total. The Morgan fingerprint density at radius 2 is 2.05 bits per heavy atom. The number of hydrogen-bond acceptors (Lipinski definition) is 4. The number of carbonyl (C=O) groups is 2. The number of benzene rings is 1. The van der Waals surface area contributed by atoms with Crippen molar-refractivity contribution in [1.82, 2.24) is 10.7 Å². The Morgan fingerprint density at radius 1 is 1.30 bits per heavy atom. The fourth-order valence-electron chi connectivity index (χ4n) is 1.96.